The Balaban J connectivity index is 2.20. The summed E-state index contributed by atoms with van der Waals surface area (Å²) < 4.78 is 1.98. The Morgan fingerprint density at radius 3 is 2.76 bits per heavy atom. The highest BCUT2D eigenvalue weighted by molar-refractivity contribution is 9.10. The van der Waals surface area contributed by atoms with Gasteiger partial charge >= 0.3 is 0 Å². The van der Waals surface area contributed by atoms with E-state index in [0.29, 0.717) is 16.7 Å². The maximum Gasteiger partial charge on any atom is 0.290 e. The number of benzene rings is 1. The third-order valence-electron chi connectivity index (χ3n) is 2.40. The number of halogens is 1. The zero-order valence-corrected chi connectivity index (χ0v) is 10.9. The van der Waals surface area contributed by atoms with Crippen LogP contribution in [0, 0.1) is 0 Å². The van der Waals surface area contributed by atoms with E-state index >= 15 is 0 Å². The number of anilines is 1. The van der Waals surface area contributed by atoms with Gasteiger partial charge < -0.3 is 5.32 Å². The van der Waals surface area contributed by atoms with E-state index in [4.69, 9.17) is 0 Å². The highest BCUT2D eigenvalue weighted by Crippen LogP contribution is 2.16. The number of rotatable bonds is 3. The monoisotopic (exact) mass is 293 g/mol. The molecule has 1 aromatic carbocycles. The van der Waals surface area contributed by atoms with Crippen LogP contribution in [0.3, 0.4) is 0 Å². The molecule has 1 aromatic heterocycles. The normalized spacial score (nSPS) is 10.2. The summed E-state index contributed by atoms with van der Waals surface area (Å²) >= 11 is 3.32. The summed E-state index contributed by atoms with van der Waals surface area (Å²) in [6.07, 6.45) is 1.61. The first-order valence-electron chi connectivity index (χ1n) is 5.18. The summed E-state index contributed by atoms with van der Waals surface area (Å²) in [4.78, 5) is 11.8. The van der Waals surface area contributed by atoms with Gasteiger partial charge in [-0.1, -0.05) is 30.3 Å². The minimum Gasteiger partial charge on any atom is -0.375 e. The van der Waals surface area contributed by atoms with Crippen molar-refractivity contribution in [1.29, 1.82) is 0 Å². The number of hydrogen-bond acceptors (Lipinski definition) is 3. The molecule has 0 fully saturated rings. The van der Waals surface area contributed by atoms with Crippen LogP contribution in [0.25, 0.3) is 0 Å². The van der Waals surface area contributed by atoms with Gasteiger partial charge in [-0.2, -0.15) is 5.10 Å². The van der Waals surface area contributed by atoms with Crippen molar-refractivity contribution in [3.63, 3.8) is 0 Å². The first-order valence-corrected chi connectivity index (χ1v) is 5.97. The minimum atomic E-state index is -0.143. The van der Waals surface area contributed by atoms with Crippen LogP contribution in [-0.4, -0.2) is 9.78 Å². The lowest BCUT2D eigenvalue weighted by Gasteiger charge is -2.08. The standard InChI is InChI=1S/C12H12BrN3O/c1-16-12(17)11(10(13)8-15-16)14-7-9-5-3-2-4-6-9/h2-6,8,14H,7H2,1H3. The highest BCUT2D eigenvalue weighted by atomic mass is 79.9. The van der Waals surface area contributed by atoms with Crippen molar-refractivity contribution in [3.05, 3.63) is 56.9 Å². The summed E-state index contributed by atoms with van der Waals surface area (Å²) in [6, 6.07) is 9.91. The van der Waals surface area contributed by atoms with E-state index in [0.717, 1.165) is 5.56 Å². The van der Waals surface area contributed by atoms with Gasteiger partial charge in [0, 0.05) is 13.6 Å². The predicted octanol–water partition coefficient (Wildman–Crippen LogP) is 2.15. The zero-order valence-electron chi connectivity index (χ0n) is 9.35. The lowest BCUT2D eigenvalue weighted by molar-refractivity contribution is 0.705. The van der Waals surface area contributed by atoms with Gasteiger partial charge in [0.05, 0.1) is 10.7 Å². The molecule has 0 radical (unpaired) electrons. The van der Waals surface area contributed by atoms with E-state index in [-0.39, 0.29) is 5.56 Å². The molecule has 1 N–H and O–H groups in total. The first kappa shape index (κ1) is 11.9. The lowest BCUT2D eigenvalue weighted by atomic mass is 10.2. The Hall–Kier alpha value is -1.62. The molecular formula is C12H12BrN3O. The van der Waals surface area contributed by atoms with Crippen LogP contribution < -0.4 is 10.9 Å². The van der Waals surface area contributed by atoms with Crippen molar-refractivity contribution < 1.29 is 0 Å². The first-order chi connectivity index (χ1) is 8.18. The van der Waals surface area contributed by atoms with Crippen LogP contribution in [0.5, 0.6) is 0 Å². The van der Waals surface area contributed by atoms with Gasteiger partial charge in [0.1, 0.15) is 5.69 Å². The van der Waals surface area contributed by atoms with Crippen molar-refractivity contribution in [2.45, 2.75) is 6.54 Å². The smallest absolute Gasteiger partial charge is 0.290 e. The maximum absolute atomic E-state index is 11.8. The molecule has 0 aliphatic heterocycles. The van der Waals surface area contributed by atoms with Gasteiger partial charge in [-0.25, -0.2) is 4.68 Å². The van der Waals surface area contributed by atoms with Gasteiger partial charge in [-0.3, -0.25) is 4.79 Å². The van der Waals surface area contributed by atoms with Crippen LogP contribution in [0.15, 0.2) is 45.8 Å². The second-order valence-corrected chi connectivity index (χ2v) is 4.49. The van der Waals surface area contributed by atoms with Crippen molar-refractivity contribution in [3.8, 4) is 0 Å². The van der Waals surface area contributed by atoms with E-state index < -0.39 is 0 Å². The molecule has 0 spiro atoms. The van der Waals surface area contributed by atoms with Crippen molar-refractivity contribution >= 4 is 21.6 Å². The molecule has 0 aliphatic rings. The molecule has 0 amide bonds. The van der Waals surface area contributed by atoms with Crippen LogP contribution in [0.2, 0.25) is 0 Å². The second kappa shape index (κ2) is 5.14. The summed E-state index contributed by atoms with van der Waals surface area (Å²) in [7, 11) is 1.63. The van der Waals surface area contributed by atoms with Crippen LogP contribution >= 0.6 is 15.9 Å². The Bertz CT molecular complexity index is 566. The largest absolute Gasteiger partial charge is 0.375 e. The van der Waals surface area contributed by atoms with Crippen LogP contribution in [0.4, 0.5) is 5.69 Å². The summed E-state index contributed by atoms with van der Waals surface area (Å²) in [5.41, 5.74) is 1.51. The Morgan fingerprint density at radius 1 is 1.35 bits per heavy atom. The van der Waals surface area contributed by atoms with E-state index in [2.05, 4.69) is 26.3 Å². The fraction of sp³-hybridized carbons (Fsp3) is 0.167. The molecule has 5 heteroatoms. The average Bonchev–Trinajstić information content (AvgIpc) is 2.35. The molecule has 0 unspecified atom stereocenters. The molecule has 1 heterocycles. The van der Waals surface area contributed by atoms with E-state index in [1.54, 1.807) is 13.2 Å². The molecule has 2 rings (SSSR count). The van der Waals surface area contributed by atoms with Crippen molar-refractivity contribution in [2.75, 3.05) is 5.32 Å². The number of aromatic nitrogens is 2. The zero-order chi connectivity index (χ0) is 12.3. The predicted molar refractivity (Wildman–Crippen MR) is 70.9 cm³/mol. The maximum atomic E-state index is 11.8. The highest BCUT2D eigenvalue weighted by Gasteiger charge is 2.06. The molecule has 2 aromatic rings. The van der Waals surface area contributed by atoms with E-state index in [1.165, 1.54) is 4.68 Å². The molecule has 0 aliphatic carbocycles. The van der Waals surface area contributed by atoms with Gasteiger partial charge in [0.15, 0.2) is 0 Å². The van der Waals surface area contributed by atoms with Crippen molar-refractivity contribution in [2.24, 2.45) is 7.05 Å². The van der Waals surface area contributed by atoms with Gasteiger partial charge in [-0.05, 0) is 21.5 Å². The van der Waals surface area contributed by atoms with Crippen LogP contribution in [-0.2, 0) is 13.6 Å². The van der Waals surface area contributed by atoms with Gasteiger partial charge in [0.25, 0.3) is 5.56 Å². The van der Waals surface area contributed by atoms with Crippen LogP contribution in [0.1, 0.15) is 5.56 Å². The van der Waals surface area contributed by atoms with E-state index in [1.807, 2.05) is 30.3 Å². The Morgan fingerprint density at radius 2 is 2.06 bits per heavy atom. The number of nitrogens with one attached hydrogen (secondary N) is 1. The van der Waals surface area contributed by atoms with Crippen molar-refractivity contribution in [1.82, 2.24) is 9.78 Å². The summed E-state index contributed by atoms with van der Waals surface area (Å²) in [5.74, 6) is 0. The topological polar surface area (TPSA) is 46.9 Å². The Kier molecular flexibility index (Phi) is 3.58. The summed E-state index contributed by atoms with van der Waals surface area (Å²) in [5, 5.41) is 7.03. The molecule has 0 bridgehead atoms. The number of hydrogen-bond donors (Lipinski definition) is 1. The number of nitrogens with zero attached hydrogens (tertiary/aromatic N) is 2. The SMILES string of the molecule is Cn1ncc(Br)c(NCc2ccccc2)c1=O. The average molecular weight is 294 g/mol. The fourth-order valence-electron chi connectivity index (χ4n) is 1.46. The number of aryl methyl sites for hydroxylation is 1. The summed E-state index contributed by atoms with van der Waals surface area (Å²) in [6.45, 7) is 0.610. The Labute approximate surface area is 107 Å². The molecule has 0 saturated carbocycles. The van der Waals surface area contributed by atoms with Gasteiger partial charge in [-0.15, -0.1) is 0 Å². The quantitative estimate of drug-likeness (QED) is 0.943. The molecule has 4 nitrogen and oxygen atoms in total. The third-order valence-corrected chi connectivity index (χ3v) is 3.00. The van der Waals surface area contributed by atoms with Gasteiger partial charge in [0.2, 0.25) is 0 Å². The lowest BCUT2D eigenvalue weighted by Crippen LogP contribution is -2.23. The molecule has 17 heavy (non-hydrogen) atoms. The fourth-order valence-corrected chi connectivity index (χ4v) is 1.87. The molecule has 0 saturated heterocycles. The second-order valence-electron chi connectivity index (χ2n) is 3.64. The molecule has 88 valence electrons. The molecule has 0 atom stereocenters. The minimum absolute atomic E-state index is 0.143. The molecular weight excluding hydrogens is 282 g/mol. The van der Waals surface area contributed by atoms with E-state index in [9.17, 15) is 4.79 Å². The third kappa shape index (κ3) is 2.74.